The Hall–Kier alpha value is -0.790. The Labute approximate surface area is 42.1 Å². The molecule has 0 unspecified atom stereocenters. The normalized spacial score (nSPS) is 10.9. The molecular formula is C5H7FO. The largest absolute Gasteiger partial charge is 0.468 e. The van der Waals surface area contributed by atoms with Gasteiger partial charge in [-0.15, -0.1) is 0 Å². The summed E-state index contributed by atoms with van der Waals surface area (Å²) in [5.41, 5.74) is 0. The molecule has 0 atom stereocenters. The summed E-state index contributed by atoms with van der Waals surface area (Å²) in [6.45, 7) is 4.72. The lowest BCUT2D eigenvalue weighted by Gasteiger charge is -1.91. The molecule has 1 nitrogen and oxygen atoms in total. The van der Waals surface area contributed by atoms with Crippen LogP contribution < -0.4 is 0 Å². The number of ether oxygens (including phenoxy) is 1. The van der Waals surface area contributed by atoms with Crippen LogP contribution in [0.15, 0.2) is 24.9 Å². The maximum atomic E-state index is 11.2. The van der Waals surface area contributed by atoms with Crippen molar-refractivity contribution in [3.05, 3.63) is 24.9 Å². The Bertz CT molecular complexity index is 86.1. The van der Waals surface area contributed by atoms with Gasteiger partial charge >= 0.3 is 0 Å². The molecule has 0 aromatic carbocycles. The average molecular weight is 102 g/mol. The lowest BCUT2D eigenvalue weighted by molar-refractivity contribution is 0.343. The highest BCUT2D eigenvalue weighted by Crippen LogP contribution is 1.93. The van der Waals surface area contributed by atoms with Crippen LogP contribution in [0.4, 0.5) is 4.39 Å². The van der Waals surface area contributed by atoms with Gasteiger partial charge in [0.25, 0.3) is 0 Å². The minimum atomic E-state index is 0.218. The first-order chi connectivity index (χ1) is 3.31. The third-order valence-electron chi connectivity index (χ3n) is 0.423. The molecule has 0 saturated heterocycles. The van der Waals surface area contributed by atoms with E-state index >= 15 is 0 Å². The summed E-state index contributed by atoms with van der Waals surface area (Å²) in [6.07, 6.45) is 1.55. The van der Waals surface area contributed by atoms with Gasteiger partial charge in [-0.3, -0.25) is 0 Å². The van der Waals surface area contributed by atoms with Crippen molar-refractivity contribution in [3.63, 3.8) is 0 Å². The van der Waals surface area contributed by atoms with Crippen LogP contribution in [0.3, 0.4) is 0 Å². The topological polar surface area (TPSA) is 9.23 Å². The average Bonchev–Trinajstić information content (AvgIpc) is 1.68. The molecule has 0 aliphatic rings. The van der Waals surface area contributed by atoms with Gasteiger partial charge in [-0.05, 0) is 6.92 Å². The van der Waals surface area contributed by atoms with Gasteiger partial charge in [0.1, 0.15) is 12.1 Å². The van der Waals surface area contributed by atoms with E-state index in [0.29, 0.717) is 6.33 Å². The third kappa shape index (κ3) is 3.03. The van der Waals surface area contributed by atoms with Gasteiger partial charge in [-0.2, -0.15) is 0 Å². The van der Waals surface area contributed by atoms with E-state index in [1.807, 2.05) is 0 Å². The number of rotatable bonds is 2. The molecule has 0 aromatic heterocycles. The molecule has 0 spiro atoms. The molecule has 0 N–H and O–H groups in total. The fraction of sp³-hybridized carbons (Fsp3) is 0.200. The summed E-state index contributed by atoms with van der Waals surface area (Å²) in [7, 11) is 0. The highest BCUT2D eigenvalue weighted by molar-refractivity contribution is 4.81. The lowest BCUT2D eigenvalue weighted by atomic mass is 10.6. The van der Waals surface area contributed by atoms with Gasteiger partial charge < -0.3 is 4.74 Å². The second kappa shape index (κ2) is 3.40. The van der Waals surface area contributed by atoms with E-state index in [-0.39, 0.29) is 5.76 Å². The number of hydrogen-bond donors (Lipinski definition) is 0. The summed E-state index contributed by atoms with van der Waals surface area (Å²) >= 11 is 0. The van der Waals surface area contributed by atoms with Crippen LogP contribution in [0.25, 0.3) is 0 Å². The molecule has 0 saturated carbocycles. The van der Waals surface area contributed by atoms with Crippen LogP contribution >= 0.6 is 0 Å². The lowest BCUT2D eigenvalue weighted by Crippen LogP contribution is -1.71. The summed E-state index contributed by atoms with van der Waals surface area (Å²) in [6, 6.07) is 0. The second-order valence-electron chi connectivity index (χ2n) is 1.00. The van der Waals surface area contributed by atoms with Crippen molar-refractivity contribution in [2.75, 3.05) is 0 Å². The molecule has 0 bridgehead atoms. The Morgan fingerprint density at radius 3 is 2.57 bits per heavy atom. The van der Waals surface area contributed by atoms with Crippen LogP contribution in [0.1, 0.15) is 6.92 Å². The molecule has 0 rings (SSSR count). The van der Waals surface area contributed by atoms with Gasteiger partial charge in [-0.1, -0.05) is 6.58 Å². The fourth-order valence-corrected chi connectivity index (χ4v) is 0.157. The Morgan fingerprint density at radius 1 is 1.86 bits per heavy atom. The summed E-state index contributed by atoms with van der Waals surface area (Å²) in [5.74, 6) is 0.218. The van der Waals surface area contributed by atoms with Crippen molar-refractivity contribution in [1.29, 1.82) is 0 Å². The molecule has 0 amide bonds. The van der Waals surface area contributed by atoms with E-state index in [1.165, 1.54) is 13.2 Å². The summed E-state index contributed by atoms with van der Waals surface area (Å²) < 4.78 is 15.7. The van der Waals surface area contributed by atoms with Crippen molar-refractivity contribution >= 4 is 0 Å². The number of allylic oxidation sites excluding steroid dienone is 1. The van der Waals surface area contributed by atoms with Gasteiger partial charge in [0.2, 0.25) is 0 Å². The molecule has 7 heavy (non-hydrogen) atoms. The monoisotopic (exact) mass is 102 g/mol. The van der Waals surface area contributed by atoms with Crippen molar-refractivity contribution in [2.45, 2.75) is 6.92 Å². The molecule has 0 fully saturated rings. The minimum Gasteiger partial charge on any atom is -0.468 e. The van der Waals surface area contributed by atoms with E-state index < -0.39 is 0 Å². The molecule has 0 aliphatic carbocycles. The minimum absolute atomic E-state index is 0.218. The van der Waals surface area contributed by atoms with E-state index in [1.54, 1.807) is 0 Å². The zero-order valence-corrected chi connectivity index (χ0v) is 4.15. The molecule has 0 aromatic rings. The predicted molar refractivity (Wildman–Crippen MR) is 26.1 cm³/mol. The van der Waals surface area contributed by atoms with Gasteiger partial charge in [0.15, 0.2) is 0 Å². The smallest absolute Gasteiger partial charge is 0.128 e. The quantitative estimate of drug-likeness (QED) is 0.484. The zero-order valence-electron chi connectivity index (χ0n) is 4.15. The fourth-order valence-electron chi connectivity index (χ4n) is 0.157. The van der Waals surface area contributed by atoms with Gasteiger partial charge in [0, 0.05) is 0 Å². The highest BCUT2D eigenvalue weighted by Gasteiger charge is 1.78. The maximum absolute atomic E-state index is 11.2. The Kier molecular flexibility index (Phi) is 3.02. The van der Waals surface area contributed by atoms with E-state index in [9.17, 15) is 4.39 Å². The molecule has 40 valence electrons. The second-order valence-corrected chi connectivity index (χ2v) is 1.00. The van der Waals surface area contributed by atoms with Crippen molar-refractivity contribution in [3.8, 4) is 0 Å². The zero-order chi connectivity index (χ0) is 5.70. The first-order valence-electron chi connectivity index (χ1n) is 1.85. The van der Waals surface area contributed by atoms with Crippen LogP contribution in [0.2, 0.25) is 0 Å². The first kappa shape index (κ1) is 6.21. The van der Waals surface area contributed by atoms with Crippen LogP contribution in [0.5, 0.6) is 0 Å². The van der Waals surface area contributed by atoms with Crippen LogP contribution in [-0.2, 0) is 4.74 Å². The number of halogens is 1. The summed E-state index contributed by atoms with van der Waals surface area (Å²) in [4.78, 5) is 0. The van der Waals surface area contributed by atoms with Crippen LogP contribution in [-0.4, -0.2) is 0 Å². The summed E-state index contributed by atoms with van der Waals surface area (Å²) in [5, 5.41) is 0. The van der Waals surface area contributed by atoms with E-state index in [4.69, 9.17) is 0 Å². The van der Waals surface area contributed by atoms with Crippen molar-refractivity contribution < 1.29 is 9.13 Å². The Morgan fingerprint density at radius 2 is 2.43 bits per heavy atom. The van der Waals surface area contributed by atoms with Gasteiger partial charge in [-0.25, -0.2) is 4.39 Å². The highest BCUT2D eigenvalue weighted by atomic mass is 19.1. The van der Waals surface area contributed by atoms with E-state index in [2.05, 4.69) is 11.3 Å². The molecule has 0 heterocycles. The van der Waals surface area contributed by atoms with Crippen molar-refractivity contribution in [1.82, 2.24) is 0 Å². The Balaban J connectivity index is 3.36. The van der Waals surface area contributed by atoms with Crippen molar-refractivity contribution in [2.24, 2.45) is 0 Å². The SMILES string of the molecule is C=CO/C(C)=C/F. The molecule has 0 aliphatic heterocycles. The van der Waals surface area contributed by atoms with E-state index in [0.717, 1.165) is 0 Å². The predicted octanol–water partition coefficient (Wildman–Crippen LogP) is 1.98. The first-order valence-corrected chi connectivity index (χ1v) is 1.85. The molecular weight excluding hydrogens is 95.1 g/mol. The molecule has 2 heteroatoms. The molecule has 0 radical (unpaired) electrons. The standard InChI is InChI=1S/C5H7FO/c1-3-7-5(2)4-6/h3-4H,1H2,2H3/b5-4+. The van der Waals surface area contributed by atoms with Crippen LogP contribution in [0, 0.1) is 0 Å². The number of hydrogen-bond acceptors (Lipinski definition) is 1. The maximum Gasteiger partial charge on any atom is 0.128 e. The van der Waals surface area contributed by atoms with Gasteiger partial charge in [0.05, 0.1) is 6.26 Å². The third-order valence-corrected chi connectivity index (χ3v) is 0.423.